The Morgan fingerprint density at radius 1 is 1.25 bits per heavy atom. The van der Waals surface area contributed by atoms with E-state index >= 15 is 0 Å². The first-order valence-corrected chi connectivity index (χ1v) is 9.84. The fourth-order valence-corrected chi connectivity index (χ4v) is 4.31. The van der Waals surface area contributed by atoms with Crippen molar-refractivity contribution in [2.24, 2.45) is 0 Å². The van der Waals surface area contributed by atoms with Crippen molar-refractivity contribution in [3.63, 3.8) is 0 Å². The molecule has 3 rings (SSSR count). The van der Waals surface area contributed by atoms with Gasteiger partial charge in [0.1, 0.15) is 10.8 Å². The topological polar surface area (TPSA) is 111 Å². The van der Waals surface area contributed by atoms with Crippen molar-refractivity contribution in [1.82, 2.24) is 14.9 Å². The van der Waals surface area contributed by atoms with E-state index in [2.05, 4.69) is 14.9 Å². The lowest BCUT2D eigenvalue weighted by Crippen LogP contribution is -2.30. The lowest BCUT2D eigenvalue weighted by molar-refractivity contribution is -0.144. The van der Waals surface area contributed by atoms with Gasteiger partial charge in [-0.3, -0.25) is 4.79 Å². The Balaban J connectivity index is 1.49. The van der Waals surface area contributed by atoms with Gasteiger partial charge in [0.15, 0.2) is 6.61 Å². The molecular formula is C13H11N3O5S3. The molecule has 0 spiro atoms. The highest BCUT2D eigenvalue weighted by Crippen LogP contribution is 2.21. The summed E-state index contributed by atoms with van der Waals surface area (Å²) < 4.78 is 35.9. The number of rotatable bonds is 7. The third kappa shape index (κ3) is 4.06. The first-order chi connectivity index (χ1) is 11.5. The van der Waals surface area contributed by atoms with Gasteiger partial charge < -0.3 is 9.26 Å². The zero-order chi connectivity index (χ0) is 17.0. The molecule has 8 nitrogen and oxygen atoms in total. The third-order valence-corrected chi connectivity index (χ3v) is 6.40. The summed E-state index contributed by atoms with van der Waals surface area (Å²) in [6, 6.07) is 6.75. The third-order valence-electron chi connectivity index (χ3n) is 2.73. The number of nitrogens with zero attached hydrogens (tertiary/aromatic N) is 2. The first-order valence-electron chi connectivity index (χ1n) is 6.60. The van der Waals surface area contributed by atoms with Gasteiger partial charge in [0.2, 0.25) is 5.82 Å². The van der Waals surface area contributed by atoms with Crippen molar-refractivity contribution in [2.45, 2.75) is 10.8 Å². The Hall–Kier alpha value is -2.08. The van der Waals surface area contributed by atoms with Crippen molar-refractivity contribution >= 4 is 38.7 Å². The number of hydrogen-bond acceptors (Lipinski definition) is 9. The van der Waals surface area contributed by atoms with Gasteiger partial charge in [-0.05, 0) is 22.9 Å². The summed E-state index contributed by atoms with van der Waals surface area (Å²) in [6.07, 6.45) is 0. The van der Waals surface area contributed by atoms with Gasteiger partial charge in [-0.25, -0.2) is 8.42 Å². The summed E-state index contributed by atoms with van der Waals surface area (Å²) in [5, 5.41) is 7.29. The minimum Gasteiger partial charge on any atom is -0.455 e. The summed E-state index contributed by atoms with van der Waals surface area (Å²) in [5.41, 5.74) is 0. The summed E-state index contributed by atoms with van der Waals surface area (Å²) in [5.74, 6) is -0.201. The molecule has 0 aliphatic rings. The number of hydrogen-bond donors (Lipinski definition) is 1. The average Bonchev–Trinajstić information content (AvgIpc) is 3.32. The molecule has 3 heterocycles. The molecule has 0 saturated carbocycles. The second kappa shape index (κ2) is 7.21. The average molecular weight is 385 g/mol. The number of esters is 1. The van der Waals surface area contributed by atoms with Gasteiger partial charge in [0.05, 0.1) is 4.88 Å². The minimum absolute atomic E-state index is 0.132. The maximum atomic E-state index is 11.9. The minimum atomic E-state index is -3.70. The summed E-state index contributed by atoms with van der Waals surface area (Å²) >= 11 is 2.51. The van der Waals surface area contributed by atoms with Crippen LogP contribution in [0.1, 0.15) is 5.89 Å². The first kappa shape index (κ1) is 16.8. The van der Waals surface area contributed by atoms with Crippen LogP contribution in [-0.2, 0) is 26.2 Å². The molecule has 0 saturated heterocycles. The van der Waals surface area contributed by atoms with Gasteiger partial charge in [0, 0.05) is 0 Å². The number of nitrogens with one attached hydrogen (secondary N) is 1. The van der Waals surface area contributed by atoms with E-state index in [-0.39, 0.29) is 16.7 Å². The normalized spacial score (nSPS) is 11.5. The van der Waals surface area contributed by atoms with E-state index in [1.165, 1.54) is 17.4 Å². The molecule has 0 amide bonds. The molecule has 11 heteroatoms. The molecule has 3 aromatic heterocycles. The van der Waals surface area contributed by atoms with Crippen LogP contribution in [0.25, 0.3) is 10.7 Å². The van der Waals surface area contributed by atoms with E-state index in [0.29, 0.717) is 5.82 Å². The predicted octanol–water partition coefficient (Wildman–Crippen LogP) is 1.88. The van der Waals surface area contributed by atoms with E-state index in [1.54, 1.807) is 11.4 Å². The maximum Gasteiger partial charge on any atom is 0.321 e. The highest BCUT2D eigenvalue weighted by atomic mass is 32.2. The second-order valence-corrected chi connectivity index (χ2v) is 8.30. The molecule has 0 aliphatic carbocycles. The fraction of sp³-hybridized carbons (Fsp3) is 0.154. The molecule has 0 unspecified atom stereocenters. The number of sulfonamides is 1. The van der Waals surface area contributed by atoms with Crippen LogP contribution in [0.5, 0.6) is 0 Å². The molecule has 0 radical (unpaired) electrons. The van der Waals surface area contributed by atoms with Crippen LogP contribution >= 0.6 is 22.7 Å². The van der Waals surface area contributed by atoms with Crippen molar-refractivity contribution in [3.8, 4) is 10.7 Å². The predicted molar refractivity (Wildman–Crippen MR) is 86.9 cm³/mol. The van der Waals surface area contributed by atoms with Gasteiger partial charge in [-0.2, -0.15) is 9.71 Å². The Morgan fingerprint density at radius 3 is 2.75 bits per heavy atom. The van der Waals surface area contributed by atoms with Crippen LogP contribution in [-0.4, -0.2) is 31.1 Å². The van der Waals surface area contributed by atoms with E-state index in [1.807, 2.05) is 17.5 Å². The quantitative estimate of drug-likeness (QED) is 0.618. The van der Waals surface area contributed by atoms with Crippen molar-refractivity contribution < 1.29 is 22.5 Å². The molecule has 24 heavy (non-hydrogen) atoms. The van der Waals surface area contributed by atoms with E-state index < -0.39 is 22.5 Å². The highest BCUT2D eigenvalue weighted by Gasteiger charge is 2.17. The SMILES string of the molecule is O=C(CNS(=O)(=O)c1cccs1)OCc1nc(-c2cccs2)no1. The summed E-state index contributed by atoms with van der Waals surface area (Å²) in [6.45, 7) is -0.704. The van der Waals surface area contributed by atoms with Crippen LogP contribution in [0.4, 0.5) is 0 Å². The van der Waals surface area contributed by atoms with E-state index in [0.717, 1.165) is 16.2 Å². The molecule has 1 N–H and O–H groups in total. The highest BCUT2D eigenvalue weighted by molar-refractivity contribution is 7.91. The Bertz CT molecular complexity index is 901. The van der Waals surface area contributed by atoms with Gasteiger partial charge in [-0.1, -0.05) is 17.3 Å². The lowest BCUT2D eigenvalue weighted by atomic mass is 10.4. The number of carbonyl (C=O) groups excluding carboxylic acids is 1. The monoisotopic (exact) mass is 385 g/mol. The molecule has 0 bridgehead atoms. The zero-order valence-electron chi connectivity index (χ0n) is 12.0. The van der Waals surface area contributed by atoms with Crippen molar-refractivity contribution in [2.75, 3.05) is 6.54 Å². The number of ether oxygens (including phenoxy) is 1. The molecule has 0 aromatic carbocycles. The maximum absolute atomic E-state index is 11.9. The molecule has 3 aromatic rings. The molecular weight excluding hydrogens is 374 g/mol. The van der Waals surface area contributed by atoms with Gasteiger partial charge >= 0.3 is 5.97 Å². The summed E-state index contributed by atoms with van der Waals surface area (Å²) in [7, 11) is -3.70. The summed E-state index contributed by atoms with van der Waals surface area (Å²) in [4.78, 5) is 16.6. The number of thiophene rings is 2. The molecule has 0 fully saturated rings. The van der Waals surface area contributed by atoms with Crippen LogP contribution < -0.4 is 4.72 Å². The van der Waals surface area contributed by atoms with E-state index in [4.69, 9.17) is 9.26 Å². The zero-order valence-corrected chi connectivity index (χ0v) is 14.5. The standard InChI is InChI=1S/C13H11N3O5S3/c17-11(7-14-24(18,19)12-4-2-6-23-12)20-8-10-15-13(16-21-10)9-3-1-5-22-9/h1-6,14H,7-8H2. The Labute approximate surface area is 145 Å². The van der Waals surface area contributed by atoms with E-state index in [9.17, 15) is 13.2 Å². The largest absolute Gasteiger partial charge is 0.455 e. The second-order valence-electron chi connectivity index (χ2n) is 4.41. The Morgan fingerprint density at radius 2 is 2.04 bits per heavy atom. The fourth-order valence-electron chi connectivity index (χ4n) is 1.65. The lowest BCUT2D eigenvalue weighted by Gasteiger charge is -2.04. The van der Waals surface area contributed by atoms with Crippen LogP contribution in [0.2, 0.25) is 0 Å². The van der Waals surface area contributed by atoms with Crippen LogP contribution in [0.3, 0.4) is 0 Å². The number of carbonyl (C=O) groups is 1. The van der Waals surface area contributed by atoms with Gasteiger partial charge in [-0.15, -0.1) is 22.7 Å². The number of aromatic nitrogens is 2. The Kier molecular flexibility index (Phi) is 5.04. The van der Waals surface area contributed by atoms with Crippen LogP contribution in [0, 0.1) is 0 Å². The molecule has 0 aliphatic heterocycles. The van der Waals surface area contributed by atoms with Crippen molar-refractivity contribution in [3.05, 3.63) is 40.9 Å². The molecule has 126 valence electrons. The van der Waals surface area contributed by atoms with Crippen molar-refractivity contribution in [1.29, 1.82) is 0 Å². The van der Waals surface area contributed by atoms with Gasteiger partial charge in [0.25, 0.3) is 15.9 Å². The molecule has 0 atom stereocenters. The smallest absolute Gasteiger partial charge is 0.321 e. The van der Waals surface area contributed by atoms with Crippen LogP contribution in [0.15, 0.2) is 43.8 Å².